The molecule has 2 aromatic rings. The van der Waals surface area contributed by atoms with Crippen molar-refractivity contribution in [1.82, 2.24) is 4.90 Å². The van der Waals surface area contributed by atoms with Gasteiger partial charge in [0.25, 0.3) is 0 Å². The number of benzene rings is 1. The largest absolute Gasteiger partial charge is 0.497 e. The van der Waals surface area contributed by atoms with E-state index in [1.54, 1.807) is 18.4 Å². The molecule has 3 rings (SSSR count). The Labute approximate surface area is 147 Å². The Balaban J connectivity index is 1.66. The van der Waals surface area contributed by atoms with E-state index in [4.69, 9.17) is 9.47 Å². The zero-order valence-electron chi connectivity index (χ0n) is 13.9. The second-order valence-corrected chi connectivity index (χ2v) is 7.05. The van der Waals surface area contributed by atoms with Gasteiger partial charge in [-0.2, -0.15) is 0 Å². The van der Waals surface area contributed by atoms with Crippen molar-refractivity contribution in [2.45, 2.75) is 31.9 Å². The summed E-state index contributed by atoms with van der Waals surface area (Å²) in [7, 11) is 1.64. The van der Waals surface area contributed by atoms with Crippen LogP contribution in [0.1, 0.15) is 23.3 Å². The smallest absolute Gasteiger partial charge is 0.227 e. The summed E-state index contributed by atoms with van der Waals surface area (Å²) in [6.07, 6.45) is 2.70. The minimum atomic E-state index is 0.143. The standard InChI is InChI=1S/C19H23NO3S/c1-22-16-8-6-15(7-9-16)12-19(21)20(13-17-4-2-10-23-17)14-18-5-3-11-24-18/h3,5-9,11,17H,2,4,10,12-14H2,1H3. The molecular formula is C19H23NO3S. The first-order chi connectivity index (χ1) is 11.7. The van der Waals surface area contributed by atoms with Crippen LogP contribution in [-0.4, -0.2) is 37.2 Å². The second kappa shape index (κ2) is 8.31. The summed E-state index contributed by atoms with van der Waals surface area (Å²) in [6.45, 7) is 2.14. The minimum Gasteiger partial charge on any atom is -0.497 e. The van der Waals surface area contributed by atoms with Crippen molar-refractivity contribution >= 4 is 17.2 Å². The molecule has 0 N–H and O–H groups in total. The van der Waals surface area contributed by atoms with Crippen LogP contribution in [0.2, 0.25) is 0 Å². The molecule has 5 heteroatoms. The predicted molar refractivity (Wildman–Crippen MR) is 95.4 cm³/mol. The topological polar surface area (TPSA) is 38.8 Å². The van der Waals surface area contributed by atoms with E-state index in [0.29, 0.717) is 19.5 Å². The van der Waals surface area contributed by atoms with E-state index in [1.165, 1.54) is 4.88 Å². The summed E-state index contributed by atoms with van der Waals surface area (Å²) in [4.78, 5) is 16.0. The summed E-state index contributed by atoms with van der Waals surface area (Å²) in [5, 5.41) is 2.05. The Morgan fingerprint density at radius 3 is 2.79 bits per heavy atom. The molecule has 1 aromatic heterocycles. The second-order valence-electron chi connectivity index (χ2n) is 6.01. The highest BCUT2D eigenvalue weighted by atomic mass is 32.1. The quantitative estimate of drug-likeness (QED) is 0.771. The predicted octanol–water partition coefficient (Wildman–Crippen LogP) is 3.51. The molecule has 4 nitrogen and oxygen atoms in total. The molecule has 1 aliphatic rings. The molecule has 0 radical (unpaired) electrons. The lowest BCUT2D eigenvalue weighted by atomic mass is 10.1. The van der Waals surface area contributed by atoms with Gasteiger partial charge in [0.15, 0.2) is 0 Å². The first-order valence-electron chi connectivity index (χ1n) is 8.29. The van der Waals surface area contributed by atoms with Gasteiger partial charge in [0.2, 0.25) is 5.91 Å². The van der Waals surface area contributed by atoms with Gasteiger partial charge in [-0.05, 0) is 42.0 Å². The van der Waals surface area contributed by atoms with E-state index in [1.807, 2.05) is 40.6 Å². The first-order valence-corrected chi connectivity index (χ1v) is 9.17. The fourth-order valence-electron chi connectivity index (χ4n) is 2.91. The van der Waals surface area contributed by atoms with E-state index in [2.05, 4.69) is 6.07 Å². The van der Waals surface area contributed by atoms with Gasteiger partial charge in [0.1, 0.15) is 5.75 Å². The maximum Gasteiger partial charge on any atom is 0.227 e. The Bertz CT molecular complexity index is 633. The van der Waals surface area contributed by atoms with Crippen LogP contribution < -0.4 is 4.74 Å². The van der Waals surface area contributed by atoms with Gasteiger partial charge in [-0.1, -0.05) is 18.2 Å². The molecule has 1 atom stereocenters. The molecule has 128 valence electrons. The number of methoxy groups -OCH3 is 1. The van der Waals surface area contributed by atoms with Gasteiger partial charge < -0.3 is 14.4 Å². The summed E-state index contributed by atoms with van der Waals surface area (Å²) < 4.78 is 10.9. The molecule has 1 aromatic carbocycles. The number of nitrogens with zero attached hydrogens (tertiary/aromatic N) is 1. The number of hydrogen-bond donors (Lipinski definition) is 0. The number of carbonyl (C=O) groups excluding carboxylic acids is 1. The highest BCUT2D eigenvalue weighted by molar-refractivity contribution is 7.09. The van der Waals surface area contributed by atoms with Gasteiger partial charge >= 0.3 is 0 Å². The van der Waals surface area contributed by atoms with Crippen LogP contribution in [0.15, 0.2) is 41.8 Å². The third-order valence-corrected chi connectivity index (χ3v) is 5.10. The molecule has 1 unspecified atom stereocenters. The third-order valence-electron chi connectivity index (χ3n) is 4.24. The van der Waals surface area contributed by atoms with Crippen molar-refractivity contribution in [2.24, 2.45) is 0 Å². The highest BCUT2D eigenvalue weighted by Gasteiger charge is 2.23. The molecule has 0 spiro atoms. The average molecular weight is 345 g/mol. The van der Waals surface area contributed by atoms with E-state index in [-0.39, 0.29) is 12.0 Å². The van der Waals surface area contributed by atoms with E-state index in [9.17, 15) is 4.79 Å². The van der Waals surface area contributed by atoms with Gasteiger partial charge in [-0.15, -0.1) is 11.3 Å². The Morgan fingerprint density at radius 2 is 2.17 bits per heavy atom. The molecule has 0 saturated carbocycles. The molecule has 2 heterocycles. The number of carbonyl (C=O) groups is 1. The van der Waals surface area contributed by atoms with Crippen molar-refractivity contribution < 1.29 is 14.3 Å². The summed E-state index contributed by atoms with van der Waals surface area (Å²) in [5.74, 6) is 0.949. The Hall–Kier alpha value is -1.85. The van der Waals surface area contributed by atoms with Crippen molar-refractivity contribution in [3.05, 3.63) is 52.2 Å². The summed E-state index contributed by atoms with van der Waals surface area (Å²) >= 11 is 1.69. The monoisotopic (exact) mass is 345 g/mol. The van der Waals surface area contributed by atoms with Crippen LogP contribution in [-0.2, 0) is 22.5 Å². The fourth-order valence-corrected chi connectivity index (χ4v) is 3.63. The van der Waals surface area contributed by atoms with Gasteiger partial charge in [-0.25, -0.2) is 0 Å². The molecule has 1 aliphatic heterocycles. The van der Waals surface area contributed by atoms with Crippen molar-refractivity contribution in [3.8, 4) is 5.75 Å². The lowest BCUT2D eigenvalue weighted by Gasteiger charge is -2.25. The highest BCUT2D eigenvalue weighted by Crippen LogP contribution is 2.19. The molecule has 1 saturated heterocycles. The van der Waals surface area contributed by atoms with E-state index in [0.717, 1.165) is 30.8 Å². The number of rotatable bonds is 7. The molecular weight excluding hydrogens is 322 g/mol. The maximum atomic E-state index is 12.8. The van der Waals surface area contributed by atoms with Crippen LogP contribution in [0.3, 0.4) is 0 Å². The molecule has 0 aliphatic carbocycles. The minimum absolute atomic E-state index is 0.143. The fraction of sp³-hybridized carbons (Fsp3) is 0.421. The van der Waals surface area contributed by atoms with Crippen LogP contribution in [0.25, 0.3) is 0 Å². The van der Waals surface area contributed by atoms with Crippen LogP contribution >= 0.6 is 11.3 Å². The first kappa shape index (κ1) is 17.0. The summed E-state index contributed by atoms with van der Waals surface area (Å²) in [5.41, 5.74) is 1.00. The number of hydrogen-bond acceptors (Lipinski definition) is 4. The third kappa shape index (κ3) is 4.58. The van der Waals surface area contributed by atoms with Crippen molar-refractivity contribution in [3.63, 3.8) is 0 Å². The Kier molecular flexibility index (Phi) is 5.88. The van der Waals surface area contributed by atoms with Crippen LogP contribution in [0.4, 0.5) is 0 Å². The lowest BCUT2D eigenvalue weighted by Crippen LogP contribution is -2.37. The van der Waals surface area contributed by atoms with Gasteiger partial charge in [-0.3, -0.25) is 4.79 Å². The Morgan fingerprint density at radius 1 is 1.33 bits per heavy atom. The number of amides is 1. The van der Waals surface area contributed by atoms with E-state index < -0.39 is 0 Å². The lowest BCUT2D eigenvalue weighted by molar-refractivity contribution is -0.132. The maximum absolute atomic E-state index is 12.8. The summed E-state index contributed by atoms with van der Waals surface area (Å²) in [6, 6.07) is 11.8. The average Bonchev–Trinajstić information content (AvgIpc) is 3.29. The molecule has 0 bridgehead atoms. The zero-order valence-corrected chi connectivity index (χ0v) is 14.8. The SMILES string of the molecule is COc1ccc(CC(=O)N(Cc2cccs2)CC2CCCO2)cc1. The molecule has 1 fully saturated rings. The molecule has 24 heavy (non-hydrogen) atoms. The van der Waals surface area contributed by atoms with Crippen molar-refractivity contribution in [2.75, 3.05) is 20.3 Å². The normalized spacial score (nSPS) is 17.0. The van der Waals surface area contributed by atoms with Crippen LogP contribution in [0, 0.1) is 0 Å². The van der Waals surface area contributed by atoms with E-state index >= 15 is 0 Å². The van der Waals surface area contributed by atoms with Crippen LogP contribution in [0.5, 0.6) is 5.75 Å². The number of ether oxygens (including phenoxy) is 2. The zero-order chi connectivity index (χ0) is 16.8. The number of thiophene rings is 1. The molecule has 1 amide bonds. The van der Waals surface area contributed by atoms with Gasteiger partial charge in [0, 0.05) is 18.0 Å². The van der Waals surface area contributed by atoms with Gasteiger partial charge in [0.05, 0.1) is 26.2 Å². The van der Waals surface area contributed by atoms with Crippen molar-refractivity contribution in [1.29, 1.82) is 0 Å².